The zero-order valence-electron chi connectivity index (χ0n) is 9.83. The number of imidazole rings is 1. The van der Waals surface area contributed by atoms with E-state index in [1.165, 1.54) is 0 Å². The van der Waals surface area contributed by atoms with E-state index in [9.17, 15) is 4.79 Å². The average molecular weight is 225 g/mol. The quantitative estimate of drug-likeness (QED) is 0.767. The molecule has 0 aromatic carbocycles. The largest absolute Gasteiger partial charge is 0.395 e. The molecule has 1 aromatic rings. The minimum Gasteiger partial charge on any atom is -0.395 e. The van der Waals surface area contributed by atoms with E-state index in [4.69, 9.17) is 5.11 Å². The van der Waals surface area contributed by atoms with Gasteiger partial charge in [0.05, 0.1) is 12.9 Å². The maximum Gasteiger partial charge on any atom is 0.224 e. The number of aliphatic hydroxyl groups excluding tert-OH is 1. The summed E-state index contributed by atoms with van der Waals surface area (Å²) in [6, 6.07) is 0.127. The highest BCUT2D eigenvalue weighted by atomic mass is 16.3. The Morgan fingerprint density at radius 1 is 1.56 bits per heavy atom. The predicted octanol–water partition coefficient (Wildman–Crippen LogP) is 0.502. The van der Waals surface area contributed by atoms with Gasteiger partial charge in [0, 0.05) is 37.9 Å². The van der Waals surface area contributed by atoms with Crippen LogP contribution >= 0.6 is 0 Å². The molecule has 1 amide bonds. The van der Waals surface area contributed by atoms with E-state index in [0.717, 1.165) is 0 Å². The summed E-state index contributed by atoms with van der Waals surface area (Å²) >= 11 is 0. The van der Waals surface area contributed by atoms with Gasteiger partial charge < -0.3 is 14.6 Å². The Kier molecular flexibility index (Phi) is 4.98. The molecule has 16 heavy (non-hydrogen) atoms. The topological polar surface area (TPSA) is 58.4 Å². The van der Waals surface area contributed by atoms with E-state index < -0.39 is 0 Å². The van der Waals surface area contributed by atoms with Crippen LogP contribution in [0.5, 0.6) is 0 Å². The van der Waals surface area contributed by atoms with Crippen LogP contribution in [-0.2, 0) is 11.3 Å². The highest BCUT2D eigenvalue weighted by Crippen LogP contribution is 2.02. The summed E-state index contributed by atoms with van der Waals surface area (Å²) in [6.07, 6.45) is 5.66. The Balaban J connectivity index is 2.43. The van der Waals surface area contributed by atoms with Gasteiger partial charge in [0.15, 0.2) is 0 Å². The van der Waals surface area contributed by atoms with Gasteiger partial charge >= 0.3 is 0 Å². The van der Waals surface area contributed by atoms with Crippen molar-refractivity contribution in [1.29, 1.82) is 0 Å². The van der Waals surface area contributed by atoms with Gasteiger partial charge in [0.25, 0.3) is 0 Å². The molecular weight excluding hydrogens is 206 g/mol. The third kappa shape index (κ3) is 3.66. The van der Waals surface area contributed by atoms with Gasteiger partial charge in [-0.25, -0.2) is 4.98 Å². The minimum atomic E-state index is 0.00892. The highest BCUT2D eigenvalue weighted by Gasteiger charge is 2.15. The van der Waals surface area contributed by atoms with Crippen LogP contribution in [0.3, 0.4) is 0 Å². The molecular formula is C11H19N3O2. The molecule has 0 saturated heterocycles. The third-order valence-electron chi connectivity index (χ3n) is 2.43. The molecule has 1 N–H and O–H groups in total. The normalized spacial score (nSPS) is 10.8. The number of carbonyl (C=O) groups excluding carboxylic acids is 1. The lowest BCUT2D eigenvalue weighted by atomic mass is 10.2. The first-order valence-corrected chi connectivity index (χ1v) is 5.51. The van der Waals surface area contributed by atoms with Crippen LogP contribution in [0.1, 0.15) is 20.3 Å². The fraction of sp³-hybridized carbons (Fsp3) is 0.636. The molecule has 0 aliphatic rings. The molecule has 0 fully saturated rings. The van der Waals surface area contributed by atoms with Crippen LogP contribution in [0.4, 0.5) is 0 Å². The van der Waals surface area contributed by atoms with E-state index in [1.54, 1.807) is 17.4 Å². The van der Waals surface area contributed by atoms with Crippen molar-refractivity contribution in [1.82, 2.24) is 14.5 Å². The smallest absolute Gasteiger partial charge is 0.224 e. The minimum absolute atomic E-state index is 0.00892. The van der Waals surface area contributed by atoms with Crippen LogP contribution in [0.25, 0.3) is 0 Å². The Bertz CT molecular complexity index is 309. The van der Waals surface area contributed by atoms with Crippen molar-refractivity contribution in [2.24, 2.45) is 0 Å². The van der Waals surface area contributed by atoms with Crippen molar-refractivity contribution in [3.8, 4) is 0 Å². The number of hydrogen-bond acceptors (Lipinski definition) is 3. The van der Waals surface area contributed by atoms with Crippen molar-refractivity contribution in [3.63, 3.8) is 0 Å². The average Bonchev–Trinajstić information content (AvgIpc) is 2.75. The van der Waals surface area contributed by atoms with Crippen LogP contribution in [0.15, 0.2) is 18.7 Å². The van der Waals surface area contributed by atoms with Crippen molar-refractivity contribution in [3.05, 3.63) is 18.7 Å². The number of hydrogen-bond donors (Lipinski definition) is 1. The number of aryl methyl sites for hydroxylation is 1. The van der Waals surface area contributed by atoms with Crippen LogP contribution in [0.2, 0.25) is 0 Å². The number of carbonyl (C=O) groups is 1. The first-order chi connectivity index (χ1) is 7.65. The first kappa shape index (κ1) is 12.7. The maximum absolute atomic E-state index is 11.9. The summed E-state index contributed by atoms with van der Waals surface area (Å²) in [4.78, 5) is 17.5. The molecule has 0 unspecified atom stereocenters. The lowest BCUT2D eigenvalue weighted by Crippen LogP contribution is -2.39. The van der Waals surface area contributed by atoms with E-state index >= 15 is 0 Å². The highest BCUT2D eigenvalue weighted by molar-refractivity contribution is 5.76. The van der Waals surface area contributed by atoms with Gasteiger partial charge in [-0.2, -0.15) is 0 Å². The van der Waals surface area contributed by atoms with Gasteiger partial charge in [0.2, 0.25) is 5.91 Å². The fourth-order valence-electron chi connectivity index (χ4n) is 1.57. The second-order valence-corrected chi connectivity index (χ2v) is 3.95. The van der Waals surface area contributed by atoms with E-state index in [-0.39, 0.29) is 18.6 Å². The van der Waals surface area contributed by atoms with E-state index in [0.29, 0.717) is 19.5 Å². The third-order valence-corrected chi connectivity index (χ3v) is 2.43. The van der Waals surface area contributed by atoms with Crippen LogP contribution in [0, 0.1) is 0 Å². The lowest BCUT2D eigenvalue weighted by Gasteiger charge is -2.26. The Hall–Kier alpha value is -1.36. The van der Waals surface area contributed by atoms with Crippen molar-refractivity contribution >= 4 is 5.91 Å². The Morgan fingerprint density at radius 2 is 2.31 bits per heavy atom. The van der Waals surface area contributed by atoms with E-state index in [2.05, 4.69) is 4.98 Å². The molecule has 5 heteroatoms. The van der Waals surface area contributed by atoms with Crippen LogP contribution in [-0.4, -0.2) is 44.7 Å². The van der Waals surface area contributed by atoms with Crippen molar-refractivity contribution < 1.29 is 9.90 Å². The predicted molar refractivity (Wildman–Crippen MR) is 60.8 cm³/mol. The lowest BCUT2D eigenvalue weighted by molar-refractivity contribution is -0.133. The summed E-state index contributed by atoms with van der Waals surface area (Å²) < 4.78 is 1.87. The Morgan fingerprint density at radius 3 is 2.81 bits per heavy atom. The molecule has 0 aliphatic heterocycles. The fourth-order valence-corrected chi connectivity index (χ4v) is 1.57. The molecule has 1 rings (SSSR count). The molecule has 0 bridgehead atoms. The molecule has 0 atom stereocenters. The van der Waals surface area contributed by atoms with Gasteiger partial charge in [-0.15, -0.1) is 0 Å². The molecule has 0 radical (unpaired) electrons. The van der Waals surface area contributed by atoms with Gasteiger partial charge in [-0.05, 0) is 13.8 Å². The molecule has 90 valence electrons. The van der Waals surface area contributed by atoms with Crippen molar-refractivity contribution in [2.45, 2.75) is 32.9 Å². The zero-order chi connectivity index (χ0) is 12.0. The number of aromatic nitrogens is 2. The van der Waals surface area contributed by atoms with Gasteiger partial charge in [-0.3, -0.25) is 4.79 Å². The molecule has 0 saturated carbocycles. The number of nitrogens with zero attached hydrogens (tertiary/aromatic N) is 3. The molecule has 0 spiro atoms. The molecule has 1 aromatic heterocycles. The molecule has 5 nitrogen and oxygen atoms in total. The van der Waals surface area contributed by atoms with Gasteiger partial charge in [-0.1, -0.05) is 0 Å². The standard InChI is InChI=1S/C11H19N3O2/c1-10(2)14(7-8-15)11(16)3-5-13-6-4-12-9-13/h4,6,9-10,15H,3,5,7-8H2,1-2H3. The number of aliphatic hydroxyl groups is 1. The molecule has 1 heterocycles. The summed E-state index contributed by atoms with van der Waals surface area (Å²) in [5.41, 5.74) is 0. The summed E-state index contributed by atoms with van der Waals surface area (Å²) in [6.45, 7) is 4.94. The second kappa shape index (κ2) is 6.27. The Labute approximate surface area is 95.7 Å². The second-order valence-electron chi connectivity index (χ2n) is 3.95. The van der Waals surface area contributed by atoms with Crippen molar-refractivity contribution in [2.75, 3.05) is 13.2 Å². The van der Waals surface area contributed by atoms with Gasteiger partial charge in [0.1, 0.15) is 0 Å². The summed E-state index contributed by atoms with van der Waals surface area (Å²) in [7, 11) is 0. The maximum atomic E-state index is 11.9. The number of amides is 1. The SMILES string of the molecule is CC(C)N(CCO)C(=O)CCn1ccnc1. The zero-order valence-corrected chi connectivity index (χ0v) is 9.83. The first-order valence-electron chi connectivity index (χ1n) is 5.51. The monoisotopic (exact) mass is 225 g/mol. The molecule has 0 aliphatic carbocycles. The van der Waals surface area contributed by atoms with E-state index in [1.807, 2.05) is 24.6 Å². The summed E-state index contributed by atoms with van der Waals surface area (Å²) in [5.74, 6) is 0.0674. The summed E-state index contributed by atoms with van der Waals surface area (Å²) in [5, 5.41) is 8.88. The van der Waals surface area contributed by atoms with Crippen LogP contribution < -0.4 is 0 Å². The number of rotatable bonds is 6.